The van der Waals surface area contributed by atoms with Crippen molar-refractivity contribution < 1.29 is 4.74 Å². The average Bonchev–Trinajstić information content (AvgIpc) is 2.74. The highest BCUT2D eigenvalue weighted by molar-refractivity contribution is 6.32. The first-order valence-corrected chi connectivity index (χ1v) is 6.37. The molecule has 0 spiro atoms. The number of methoxy groups -OCH3 is 1. The molecule has 2 unspecified atom stereocenters. The number of halogens is 1. The fraction of sp³-hybridized carbons (Fsp3) is 0.667. The van der Waals surface area contributed by atoms with Gasteiger partial charge in [0, 0.05) is 6.54 Å². The van der Waals surface area contributed by atoms with Crippen LogP contribution in [0, 0.1) is 11.8 Å². The maximum absolute atomic E-state index is 6.02. The summed E-state index contributed by atoms with van der Waals surface area (Å²) in [6, 6.07) is 0.344. The molecule has 0 radical (unpaired) electrons. The van der Waals surface area contributed by atoms with Crippen LogP contribution in [0.1, 0.15) is 26.2 Å². The Morgan fingerprint density at radius 2 is 2.35 bits per heavy atom. The van der Waals surface area contributed by atoms with E-state index in [1.54, 1.807) is 13.3 Å². The standard InChI is InChI=1S/C12H18ClN3O/c1-8-3-4-9(5-8)6-14-11-10(13)7-15-12(16-11)17-2/h7-9H,3-6H2,1-2H3,(H,14,15,16). The van der Waals surface area contributed by atoms with E-state index in [2.05, 4.69) is 22.2 Å². The molecule has 5 heteroatoms. The highest BCUT2D eigenvalue weighted by Gasteiger charge is 2.21. The van der Waals surface area contributed by atoms with Crippen molar-refractivity contribution in [3.8, 4) is 6.01 Å². The van der Waals surface area contributed by atoms with Gasteiger partial charge in [-0.05, 0) is 24.7 Å². The second-order valence-corrected chi connectivity index (χ2v) is 5.13. The van der Waals surface area contributed by atoms with E-state index in [1.165, 1.54) is 19.3 Å². The summed E-state index contributed by atoms with van der Waals surface area (Å²) in [7, 11) is 1.55. The SMILES string of the molecule is COc1ncc(Cl)c(NCC2CCC(C)C2)n1. The molecular formula is C12H18ClN3O. The van der Waals surface area contributed by atoms with Gasteiger partial charge in [0.15, 0.2) is 5.82 Å². The van der Waals surface area contributed by atoms with E-state index in [1.807, 2.05) is 0 Å². The predicted molar refractivity (Wildman–Crippen MR) is 68.6 cm³/mol. The van der Waals surface area contributed by atoms with Gasteiger partial charge in [-0.3, -0.25) is 0 Å². The molecule has 1 heterocycles. The van der Waals surface area contributed by atoms with Gasteiger partial charge in [0.1, 0.15) is 5.02 Å². The molecule has 94 valence electrons. The lowest BCUT2D eigenvalue weighted by Gasteiger charge is -2.12. The lowest BCUT2D eigenvalue weighted by molar-refractivity contribution is 0.380. The zero-order valence-electron chi connectivity index (χ0n) is 10.2. The molecule has 2 atom stereocenters. The summed E-state index contributed by atoms with van der Waals surface area (Å²) in [5.74, 6) is 2.23. The van der Waals surface area contributed by atoms with Gasteiger partial charge in [-0.1, -0.05) is 24.9 Å². The second kappa shape index (κ2) is 5.54. The Morgan fingerprint density at radius 1 is 1.53 bits per heavy atom. The number of hydrogen-bond donors (Lipinski definition) is 1. The molecule has 1 aromatic rings. The van der Waals surface area contributed by atoms with Crippen LogP contribution in [0.15, 0.2) is 6.20 Å². The topological polar surface area (TPSA) is 47.0 Å². The Kier molecular flexibility index (Phi) is 4.05. The number of anilines is 1. The van der Waals surface area contributed by atoms with Crippen molar-refractivity contribution in [2.75, 3.05) is 19.0 Å². The van der Waals surface area contributed by atoms with Gasteiger partial charge in [-0.2, -0.15) is 4.98 Å². The van der Waals surface area contributed by atoms with E-state index in [-0.39, 0.29) is 0 Å². The van der Waals surface area contributed by atoms with Crippen molar-refractivity contribution >= 4 is 17.4 Å². The molecule has 0 bridgehead atoms. The van der Waals surface area contributed by atoms with Crippen molar-refractivity contribution in [1.29, 1.82) is 0 Å². The number of aromatic nitrogens is 2. The average molecular weight is 256 g/mol. The van der Waals surface area contributed by atoms with E-state index in [0.717, 1.165) is 18.4 Å². The number of nitrogens with one attached hydrogen (secondary N) is 1. The lowest BCUT2D eigenvalue weighted by Crippen LogP contribution is -2.13. The predicted octanol–water partition coefficient (Wildman–Crippen LogP) is 2.99. The first-order valence-electron chi connectivity index (χ1n) is 5.99. The number of rotatable bonds is 4. The number of hydrogen-bond acceptors (Lipinski definition) is 4. The van der Waals surface area contributed by atoms with Crippen LogP contribution in [-0.4, -0.2) is 23.6 Å². The smallest absolute Gasteiger partial charge is 0.318 e. The van der Waals surface area contributed by atoms with E-state index < -0.39 is 0 Å². The first kappa shape index (κ1) is 12.4. The summed E-state index contributed by atoms with van der Waals surface area (Å²) in [4.78, 5) is 8.14. The van der Waals surface area contributed by atoms with Gasteiger partial charge in [-0.15, -0.1) is 0 Å². The largest absolute Gasteiger partial charge is 0.467 e. The fourth-order valence-corrected chi connectivity index (χ4v) is 2.48. The van der Waals surface area contributed by atoms with Gasteiger partial charge in [0.25, 0.3) is 0 Å². The molecule has 1 aromatic heterocycles. The van der Waals surface area contributed by atoms with E-state index in [9.17, 15) is 0 Å². The van der Waals surface area contributed by atoms with Crippen LogP contribution in [0.2, 0.25) is 5.02 Å². The minimum absolute atomic E-state index is 0.344. The van der Waals surface area contributed by atoms with Crippen LogP contribution < -0.4 is 10.1 Å². The minimum Gasteiger partial charge on any atom is -0.467 e. The molecular weight excluding hydrogens is 238 g/mol. The van der Waals surface area contributed by atoms with E-state index in [4.69, 9.17) is 16.3 Å². The van der Waals surface area contributed by atoms with Crippen molar-refractivity contribution in [3.63, 3.8) is 0 Å². The van der Waals surface area contributed by atoms with Crippen molar-refractivity contribution in [2.24, 2.45) is 11.8 Å². The molecule has 2 rings (SSSR count). The van der Waals surface area contributed by atoms with Gasteiger partial charge in [0.05, 0.1) is 13.3 Å². The van der Waals surface area contributed by atoms with Gasteiger partial charge < -0.3 is 10.1 Å². The van der Waals surface area contributed by atoms with Crippen molar-refractivity contribution in [2.45, 2.75) is 26.2 Å². The van der Waals surface area contributed by atoms with Crippen molar-refractivity contribution in [3.05, 3.63) is 11.2 Å². The molecule has 1 aliphatic carbocycles. The van der Waals surface area contributed by atoms with Crippen LogP contribution in [0.4, 0.5) is 5.82 Å². The molecule has 1 aliphatic rings. The maximum Gasteiger partial charge on any atom is 0.318 e. The highest BCUT2D eigenvalue weighted by Crippen LogP contribution is 2.31. The number of ether oxygens (including phenoxy) is 1. The fourth-order valence-electron chi connectivity index (χ4n) is 2.32. The molecule has 0 aliphatic heterocycles. The highest BCUT2D eigenvalue weighted by atomic mass is 35.5. The summed E-state index contributed by atoms with van der Waals surface area (Å²) in [6.07, 6.45) is 5.46. The summed E-state index contributed by atoms with van der Waals surface area (Å²) < 4.78 is 4.98. The quantitative estimate of drug-likeness (QED) is 0.899. The monoisotopic (exact) mass is 255 g/mol. The Balaban J connectivity index is 1.94. The van der Waals surface area contributed by atoms with E-state index >= 15 is 0 Å². The van der Waals surface area contributed by atoms with Crippen LogP contribution in [-0.2, 0) is 0 Å². The molecule has 0 amide bonds. The minimum atomic E-state index is 0.344. The Labute approximate surface area is 107 Å². The Hall–Kier alpha value is -1.03. The normalized spacial score (nSPS) is 23.7. The molecule has 1 saturated carbocycles. The molecule has 1 fully saturated rings. The van der Waals surface area contributed by atoms with Crippen LogP contribution >= 0.6 is 11.6 Å². The Bertz CT molecular complexity index is 386. The number of nitrogens with zero attached hydrogens (tertiary/aromatic N) is 2. The summed E-state index contributed by atoms with van der Waals surface area (Å²) in [5.41, 5.74) is 0. The lowest BCUT2D eigenvalue weighted by atomic mass is 10.1. The summed E-state index contributed by atoms with van der Waals surface area (Å²) in [6.45, 7) is 3.23. The zero-order chi connectivity index (χ0) is 12.3. The summed E-state index contributed by atoms with van der Waals surface area (Å²) >= 11 is 6.02. The van der Waals surface area contributed by atoms with Crippen molar-refractivity contribution in [1.82, 2.24) is 9.97 Å². The van der Waals surface area contributed by atoms with Gasteiger partial charge in [0.2, 0.25) is 0 Å². The molecule has 1 N–H and O–H groups in total. The van der Waals surface area contributed by atoms with Crippen LogP contribution in [0.5, 0.6) is 6.01 Å². The zero-order valence-corrected chi connectivity index (χ0v) is 11.0. The molecule has 4 nitrogen and oxygen atoms in total. The van der Waals surface area contributed by atoms with E-state index in [0.29, 0.717) is 16.9 Å². The van der Waals surface area contributed by atoms with Gasteiger partial charge in [-0.25, -0.2) is 4.98 Å². The third-order valence-corrected chi connectivity index (χ3v) is 3.54. The first-order chi connectivity index (χ1) is 8.19. The second-order valence-electron chi connectivity index (χ2n) is 4.72. The van der Waals surface area contributed by atoms with Crippen LogP contribution in [0.3, 0.4) is 0 Å². The molecule has 17 heavy (non-hydrogen) atoms. The third kappa shape index (κ3) is 3.22. The van der Waals surface area contributed by atoms with Gasteiger partial charge >= 0.3 is 6.01 Å². The van der Waals surface area contributed by atoms with Crippen LogP contribution in [0.25, 0.3) is 0 Å². The summed E-state index contributed by atoms with van der Waals surface area (Å²) in [5, 5.41) is 3.83. The molecule has 0 saturated heterocycles. The maximum atomic E-state index is 6.02. The third-order valence-electron chi connectivity index (χ3n) is 3.27. The molecule has 0 aromatic carbocycles. The Morgan fingerprint density at radius 3 is 3.00 bits per heavy atom.